The lowest BCUT2D eigenvalue weighted by Crippen LogP contribution is -2.29. The van der Waals surface area contributed by atoms with Gasteiger partial charge < -0.3 is 9.84 Å². The monoisotopic (exact) mass is 229 g/mol. The SMILES string of the molecule is O=C1CC2C(C[C@@H](C(=O)O)[C@@H]2C[N+](=O)[O-])O1. The van der Waals surface area contributed by atoms with Crippen LogP contribution in [0, 0.1) is 27.9 Å². The Hall–Kier alpha value is -1.66. The van der Waals surface area contributed by atoms with Crippen LogP contribution in [0.3, 0.4) is 0 Å². The summed E-state index contributed by atoms with van der Waals surface area (Å²) in [6, 6.07) is 0. The molecule has 0 spiro atoms. The van der Waals surface area contributed by atoms with Crippen molar-refractivity contribution >= 4 is 11.9 Å². The summed E-state index contributed by atoms with van der Waals surface area (Å²) in [5.74, 6) is -3.10. The molecule has 2 unspecified atom stereocenters. The van der Waals surface area contributed by atoms with Crippen molar-refractivity contribution in [2.75, 3.05) is 6.54 Å². The molecule has 2 fully saturated rings. The third-order valence-electron chi connectivity index (χ3n) is 3.39. The van der Waals surface area contributed by atoms with E-state index in [2.05, 4.69) is 0 Å². The minimum Gasteiger partial charge on any atom is -0.481 e. The lowest BCUT2D eigenvalue weighted by atomic mass is 9.88. The average Bonchev–Trinajstić information content (AvgIpc) is 2.63. The van der Waals surface area contributed by atoms with Crippen LogP contribution < -0.4 is 0 Å². The zero-order valence-electron chi connectivity index (χ0n) is 8.37. The van der Waals surface area contributed by atoms with Crippen molar-refractivity contribution in [1.82, 2.24) is 0 Å². The van der Waals surface area contributed by atoms with Gasteiger partial charge in [-0.2, -0.15) is 0 Å². The quantitative estimate of drug-likeness (QED) is 0.412. The summed E-state index contributed by atoms with van der Waals surface area (Å²) < 4.78 is 4.95. The summed E-state index contributed by atoms with van der Waals surface area (Å²) in [5, 5.41) is 19.4. The number of ether oxygens (including phenoxy) is 1. The normalized spacial score (nSPS) is 36.9. The van der Waals surface area contributed by atoms with Gasteiger partial charge in [0.05, 0.1) is 12.3 Å². The lowest BCUT2D eigenvalue weighted by Gasteiger charge is -2.14. The second-order valence-electron chi connectivity index (χ2n) is 4.26. The molecule has 0 radical (unpaired) electrons. The van der Waals surface area contributed by atoms with E-state index in [-0.39, 0.29) is 24.7 Å². The molecule has 2 rings (SSSR count). The van der Waals surface area contributed by atoms with Crippen LogP contribution in [0.1, 0.15) is 12.8 Å². The Labute approximate surface area is 90.5 Å². The predicted molar refractivity (Wildman–Crippen MR) is 49.1 cm³/mol. The van der Waals surface area contributed by atoms with Crippen molar-refractivity contribution in [1.29, 1.82) is 0 Å². The van der Waals surface area contributed by atoms with Crippen LogP contribution in [-0.2, 0) is 14.3 Å². The molecular weight excluding hydrogens is 218 g/mol. The summed E-state index contributed by atoms with van der Waals surface area (Å²) >= 11 is 0. The van der Waals surface area contributed by atoms with Gasteiger partial charge in [-0.1, -0.05) is 0 Å². The molecule has 0 bridgehead atoms. The van der Waals surface area contributed by atoms with Crippen molar-refractivity contribution in [3.05, 3.63) is 10.1 Å². The molecular formula is C9H11NO6. The highest BCUT2D eigenvalue weighted by molar-refractivity contribution is 5.75. The molecule has 0 amide bonds. The summed E-state index contributed by atoms with van der Waals surface area (Å²) in [5.41, 5.74) is 0. The number of carbonyl (C=O) groups excluding carboxylic acids is 1. The van der Waals surface area contributed by atoms with Crippen molar-refractivity contribution in [2.45, 2.75) is 18.9 Å². The predicted octanol–water partition coefficient (Wildman–Crippen LogP) is -0.0845. The topological polar surface area (TPSA) is 107 Å². The summed E-state index contributed by atoms with van der Waals surface area (Å²) in [6.45, 7) is -0.408. The number of fused-ring (bicyclic) bond motifs is 1. The fourth-order valence-electron chi connectivity index (χ4n) is 2.72. The molecule has 1 saturated carbocycles. The largest absolute Gasteiger partial charge is 0.481 e. The van der Waals surface area contributed by atoms with Gasteiger partial charge in [0.2, 0.25) is 6.54 Å². The molecule has 1 aliphatic heterocycles. The van der Waals surface area contributed by atoms with Crippen molar-refractivity contribution in [2.24, 2.45) is 17.8 Å². The van der Waals surface area contributed by atoms with Crippen LogP contribution in [-0.4, -0.2) is 34.6 Å². The molecule has 0 aromatic heterocycles. The van der Waals surface area contributed by atoms with Gasteiger partial charge in [-0.05, 0) is 6.42 Å². The minimum absolute atomic E-state index is 0.104. The van der Waals surface area contributed by atoms with Gasteiger partial charge in [-0.15, -0.1) is 0 Å². The first-order chi connectivity index (χ1) is 7.49. The van der Waals surface area contributed by atoms with E-state index in [1.54, 1.807) is 0 Å². The highest BCUT2D eigenvalue weighted by Crippen LogP contribution is 2.44. The van der Waals surface area contributed by atoms with Gasteiger partial charge in [0.1, 0.15) is 6.10 Å². The Balaban J connectivity index is 2.17. The second kappa shape index (κ2) is 3.73. The number of carboxylic acid groups (broad SMARTS) is 1. The molecule has 2 aliphatic rings. The minimum atomic E-state index is -1.04. The van der Waals surface area contributed by atoms with E-state index < -0.39 is 35.4 Å². The summed E-state index contributed by atoms with van der Waals surface area (Å²) in [7, 11) is 0. The number of carbonyl (C=O) groups is 2. The van der Waals surface area contributed by atoms with E-state index in [4.69, 9.17) is 9.84 Å². The Morgan fingerprint density at radius 2 is 2.31 bits per heavy atom. The van der Waals surface area contributed by atoms with E-state index >= 15 is 0 Å². The number of hydrogen-bond acceptors (Lipinski definition) is 5. The smallest absolute Gasteiger partial charge is 0.307 e. The molecule has 1 aliphatic carbocycles. The number of carboxylic acids is 1. The first kappa shape index (κ1) is 10.8. The van der Waals surface area contributed by atoms with E-state index in [9.17, 15) is 19.7 Å². The van der Waals surface area contributed by atoms with Crippen molar-refractivity contribution in [3.63, 3.8) is 0 Å². The summed E-state index contributed by atoms with van der Waals surface area (Å²) in [4.78, 5) is 31.9. The van der Waals surface area contributed by atoms with Gasteiger partial charge in [-0.3, -0.25) is 19.7 Å². The van der Waals surface area contributed by atoms with Crippen LogP contribution in [0.15, 0.2) is 0 Å². The number of hydrogen-bond donors (Lipinski definition) is 1. The lowest BCUT2D eigenvalue weighted by molar-refractivity contribution is -0.490. The molecule has 0 aromatic carbocycles. The van der Waals surface area contributed by atoms with Crippen molar-refractivity contribution < 1.29 is 24.4 Å². The van der Waals surface area contributed by atoms with E-state index in [1.807, 2.05) is 0 Å². The molecule has 4 atom stereocenters. The van der Waals surface area contributed by atoms with Crippen LogP contribution in [0.5, 0.6) is 0 Å². The highest BCUT2D eigenvalue weighted by Gasteiger charge is 2.54. The highest BCUT2D eigenvalue weighted by atomic mass is 16.6. The van der Waals surface area contributed by atoms with E-state index in [0.717, 1.165) is 0 Å². The summed E-state index contributed by atoms with van der Waals surface area (Å²) in [6.07, 6.45) is -0.143. The third-order valence-corrected chi connectivity index (χ3v) is 3.39. The van der Waals surface area contributed by atoms with Gasteiger partial charge in [0.15, 0.2) is 0 Å². The van der Waals surface area contributed by atoms with E-state index in [0.29, 0.717) is 0 Å². The second-order valence-corrected chi connectivity index (χ2v) is 4.26. The fourth-order valence-corrected chi connectivity index (χ4v) is 2.72. The maximum absolute atomic E-state index is 11.0. The zero-order chi connectivity index (χ0) is 11.9. The first-order valence-electron chi connectivity index (χ1n) is 5.03. The van der Waals surface area contributed by atoms with Crippen LogP contribution >= 0.6 is 0 Å². The molecule has 16 heavy (non-hydrogen) atoms. The van der Waals surface area contributed by atoms with Crippen LogP contribution in [0.25, 0.3) is 0 Å². The van der Waals surface area contributed by atoms with Crippen molar-refractivity contribution in [3.8, 4) is 0 Å². The molecule has 1 heterocycles. The fraction of sp³-hybridized carbons (Fsp3) is 0.778. The Morgan fingerprint density at radius 1 is 1.62 bits per heavy atom. The Bertz CT molecular complexity index is 354. The maximum atomic E-state index is 11.0. The van der Waals surface area contributed by atoms with Gasteiger partial charge in [0, 0.05) is 16.8 Å². The molecule has 0 aromatic rings. The molecule has 1 N–H and O–H groups in total. The first-order valence-corrected chi connectivity index (χ1v) is 5.03. The van der Waals surface area contributed by atoms with Gasteiger partial charge >= 0.3 is 11.9 Å². The number of esters is 1. The van der Waals surface area contributed by atoms with Crippen LogP contribution in [0.4, 0.5) is 0 Å². The zero-order valence-corrected chi connectivity index (χ0v) is 8.37. The number of rotatable bonds is 3. The molecule has 88 valence electrons. The number of nitro groups is 1. The van der Waals surface area contributed by atoms with E-state index in [1.165, 1.54) is 0 Å². The molecule has 7 nitrogen and oxygen atoms in total. The third kappa shape index (κ3) is 1.72. The average molecular weight is 229 g/mol. The Kier molecular flexibility index (Phi) is 2.53. The van der Waals surface area contributed by atoms with Crippen LogP contribution in [0.2, 0.25) is 0 Å². The standard InChI is InChI=1S/C9H11NO6/c11-8-2-4-6(3-10(14)15)5(9(12)13)1-7(4)16-8/h4-7H,1-3H2,(H,12,13)/t4?,5-,6-,7?/m1/s1. The molecule has 7 heteroatoms. The van der Waals surface area contributed by atoms with Gasteiger partial charge in [-0.25, -0.2) is 0 Å². The Morgan fingerprint density at radius 3 is 2.88 bits per heavy atom. The maximum Gasteiger partial charge on any atom is 0.307 e. The number of nitrogens with zero attached hydrogens (tertiary/aromatic N) is 1. The number of aliphatic carboxylic acids is 1. The van der Waals surface area contributed by atoms with Gasteiger partial charge in [0.25, 0.3) is 0 Å². The molecule has 1 saturated heterocycles.